The van der Waals surface area contributed by atoms with Gasteiger partial charge in [-0.15, -0.1) is 0 Å². The van der Waals surface area contributed by atoms with Crippen LogP contribution in [0.4, 0.5) is 5.69 Å². The Hall–Kier alpha value is -2.95. The number of aromatic nitrogens is 2. The van der Waals surface area contributed by atoms with Gasteiger partial charge in [-0.05, 0) is 48.6 Å². The van der Waals surface area contributed by atoms with Gasteiger partial charge in [-0.3, -0.25) is 9.59 Å². The average Bonchev–Trinajstić information content (AvgIpc) is 3.15. The molecular formula is C22H25N3O2. The summed E-state index contributed by atoms with van der Waals surface area (Å²) in [7, 11) is 1.61. The van der Waals surface area contributed by atoms with Gasteiger partial charge in [-0.2, -0.15) is 5.10 Å². The number of hydrogen-bond donors (Lipinski definition) is 1. The summed E-state index contributed by atoms with van der Waals surface area (Å²) in [6.07, 6.45) is 3.51. The number of rotatable bonds is 3. The predicted octanol–water partition coefficient (Wildman–Crippen LogP) is 3.63. The lowest BCUT2D eigenvalue weighted by molar-refractivity contribution is -0.115. The highest BCUT2D eigenvalue weighted by Crippen LogP contribution is 2.25. The van der Waals surface area contributed by atoms with Crippen LogP contribution in [0.3, 0.4) is 0 Å². The molecule has 0 bridgehead atoms. The second-order valence-corrected chi connectivity index (χ2v) is 6.48. The third-order valence-corrected chi connectivity index (χ3v) is 4.74. The lowest BCUT2D eigenvalue weighted by Gasteiger charge is -2.10. The molecular weight excluding hydrogens is 338 g/mol. The van der Waals surface area contributed by atoms with Crippen LogP contribution >= 0.6 is 0 Å². The zero-order valence-corrected chi connectivity index (χ0v) is 16.1. The van der Waals surface area contributed by atoms with E-state index in [0.29, 0.717) is 11.1 Å². The second kappa shape index (κ2) is 8.16. The molecule has 1 N–H and O–H groups in total. The van der Waals surface area contributed by atoms with Crippen molar-refractivity contribution in [2.24, 2.45) is 7.05 Å². The molecule has 0 atom stereocenters. The van der Waals surface area contributed by atoms with Gasteiger partial charge in [0.25, 0.3) is 5.56 Å². The van der Waals surface area contributed by atoms with Crippen LogP contribution in [-0.4, -0.2) is 15.7 Å². The summed E-state index contributed by atoms with van der Waals surface area (Å²) in [6, 6.07) is 13.4. The molecule has 140 valence electrons. The zero-order valence-electron chi connectivity index (χ0n) is 16.1. The first-order valence-corrected chi connectivity index (χ1v) is 9.48. The SMILES string of the molecule is CC.Cn1nc(CC(=O)Nc2ccc3c(c2)CCC3)c2ccccc2c1=O. The van der Waals surface area contributed by atoms with Crippen molar-refractivity contribution in [3.8, 4) is 0 Å². The standard InChI is InChI=1S/C20H19N3O2.C2H6/c1-23-20(25)17-8-3-2-7-16(17)18(22-23)12-19(24)21-15-10-9-13-5-4-6-14(13)11-15;1-2/h2-3,7-11H,4-6,12H2,1H3,(H,21,24);1-2H3. The maximum Gasteiger partial charge on any atom is 0.274 e. The number of hydrogen-bond acceptors (Lipinski definition) is 3. The van der Waals surface area contributed by atoms with Crippen molar-refractivity contribution in [1.82, 2.24) is 9.78 Å². The molecule has 5 heteroatoms. The number of aryl methyl sites for hydroxylation is 3. The second-order valence-electron chi connectivity index (χ2n) is 6.48. The summed E-state index contributed by atoms with van der Waals surface area (Å²) in [5, 5.41) is 8.55. The first-order chi connectivity index (χ1) is 13.1. The average molecular weight is 363 g/mol. The van der Waals surface area contributed by atoms with Crippen molar-refractivity contribution in [3.63, 3.8) is 0 Å². The Morgan fingerprint density at radius 1 is 1.07 bits per heavy atom. The summed E-state index contributed by atoms with van der Waals surface area (Å²) in [5.74, 6) is -0.130. The third kappa shape index (κ3) is 3.92. The fourth-order valence-electron chi connectivity index (χ4n) is 3.51. The van der Waals surface area contributed by atoms with Crippen molar-refractivity contribution in [3.05, 3.63) is 69.6 Å². The van der Waals surface area contributed by atoms with Crippen LogP contribution in [0, 0.1) is 0 Å². The van der Waals surface area contributed by atoms with E-state index < -0.39 is 0 Å². The van der Waals surface area contributed by atoms with Crippen LogP contribution in [0.5, 0.6) is 0 Å². The van der Waals surface area contributed by atoms with Crippen LogP contribution in [0.1, 0.15) is 37.1 Å². The largest absolute Gasteiger partial charge is 0.326 e. The molecule has 27 heavy (non-hydrogen) atoms. The minimum Gasteiger partial charge on any atom is -0.326 e. The molecule has 1 aromatic heterocycles. The molecule has 3 aromatic rings. The molecule has 0 radical (unpaired) electrons. The minimum absolute atomic E-state index is 0.130. The van der Waals surface area contributed by atoms with Crippen molar-refractivity contribution >= 4 is 22.4 Å². The minimum atomic E-state index is -0.154. The van der Waals surface area contributed by atoms with Gasteiger partial charge in [0.2, 0.25) is 5.91 Å². The van der Waals surface area contributed by atoms with E-state index in [9.17, 15) is 9.59 Å². The normalized spacial score (nSPS) is 12.3. The van der Waals surface area contributed by atoms with Crippen LogP contribution in [0.25, 0.3) is 10.8 Å². The fourth-order valence-corrected chi connectivity index (χ4v) is 3.51. The van der Waals surface area contributed by atoms with Crippen molar-refractivity contribution in [2.75, 3.05) is 5.32 Å². The van der Waals surface area contributed by atoms with E-state index in [1.807, 2.05) is 38.1 Å². The van der Waals surface area contributed by atoms with Gasteiger partial charge in [-0.1, -0.05) is 38.1 Å². The molecule has 0 spiro atoms. The highest BCUT2D eigenvalue weighted by atomic mass is 16.1. The first-order valence-electron chi connectivity index (χ1n) is 9.48. The monoisotopic (exact) mass is 363 g/mol. The molecule has 0 saturated carbocycles. The van der Waals surface area contributed by atoms with Gasteiger partial charge in [0.15, 0.2) is 0 Å². The molecule has 1 heterocycles. The highest BCUT2D eigenvalue weighted by Gasteiger charge is 2.14. The fraction of sp³-hybridized carbons (Fsp3) is 0.318. The van der Waals surface area contributed by atoms with E-state index in [1.165, 1.54) is 22.2 Å². The topological polar surface area (TPSA) is 64.0 Å². The molecule has 0 saturated heterocycles. The lowest BCUT2D eigenvalue weighted by Crippen LogP contribution is -2.24. The molecule has 1 aliphatic rings. The number of benzene rings is 2. The number of anilines is 1. The predicted molar refractivity (Wildman–Crippen MR) is 109 cm³/mol. The number of nitrogens with one attached hydrogen (secondary N) is 1. The Bertz CT molecular complexity index is 1040. The number of carbonyl (C=O) groups excluding carboxylic acids is 1. The van der Waals surface area contributed by atoms with E-state index in [4.69, 9.17) is 0 Å². The molecule has 0 aliphatic heterocycles. The van der Waals surface area contributed by atoms with Crippen LogP contribution in [0.2, 0.25) is 0 Å². The number of carbonyl (C=O) groups is 1. The quantitative estimate of drug-likeness (QED) is 0.773. The molecule has 1 amide bonds. The number of amides is 1. The molecule has 0 fully saturated rings. The van der Waals surface area contributed by atoms with Crippen LogP contribution < -0.4 is 10.9 Å². The molecule has 4 rings (SSSR count). The zero-order chi connectivity index (χ0) is 19.4. The summed E-state index contributed by atoms with van der Waals surface area (Å²) < 4.78 is 1.29. The van der Waals surface area contributed by atoms with Gasteiger partial charge < -0.3 is 5.32 Å². The van der Waals surface area contributed by atoms with Gasteiger partial charge >= 0.3 is 0 Å². The maximum absolute atomic E-state index is 12.5. The molecule has 2 aromatic carbocycles. The Kier molecular flexibility index (Phi) is 5.69. The van der Waals surface area contributed by atoms with Crippen molar-refractivity contribution < 1.29 is 4.79 Å². The smallest absolute Gasteiger partial charge is 0.274 e. The van der Waals surface area contributed by atoms with E-state index in [2.05, 4.69) is 22.5 Å². The Balaban J connectivity index is 0.00000102. The van der Waals surface area contributed by atoms with Crippen LogP contribution in [0.15, 0.2) is 47.3 Å². The van der Waals surface area contributed by atoms with Gasteiger partial charge in [0.1, 0.15) is 0 Å². The van der Waals surface area contributed by atoms with Gasteiger partial charge in [0.05, 0.1) is 17.5 Å². The molecule has 5 nitrogen and oxygen atoms in total. The summed E-state index contributed by atoms with van der Waals surface area (Å²) in [4.78, 5) is 24.6. The van der Waals surface area contributed by atoms with Crippen molar-refractivity contribution in [2.45, 2.75) is 39.5 Å². The number of fused-ring (bicyclic) bond motifs is 2. The highest BCUT2D eigenvalue weighted by molar-refractivity contribution is 5.95. The third-order valence-electron chi connectivity index (χ3n) is 4.74. The molecule has 1 aliphatic carbocycles. The first kappa shape index (κ1) is 18.8. The Morgan fingerprint density at radius 2 is 1.78 bits per heavy atom. The van der Waals surface area contributed by atoms with E-state index in [-0.39, 0.29) is 17.9 Å². The van der Waals surface area contributed by atoms with Crippen molar-refractivity contribution in [1.29, 1.82) is 0 Å². The maximum atomic E-state index is 12.5. The summed E-state index contributed by atoms with van der Waals surface area (Å²) in [5.41, 5.74) is 3.97. The van der Waals surface area contributed by atoms with Gasteiger partial charge in [-0.25, -0.2) is 4.68 Å². The summed E-state index contributed by atoms with van der Waals surface area (Å²) >= 11 is 0. The van der Waals surface area contributed by atoms with Crippen LogP contribution in [-0.2, 0) is 31.1 Å². The van der Waals surface area contributed by atoms with E-state index in [1.54, 1.807) is 13.1 Å². The number of nitrogens with zero attached hydrogens (tertiary/aromatic N) is 2. The summed E-state index contributed by atoms with van der Waals surface area (Å²) in [6.45, 7) is 4.00. The van der Waals surface area contributed by atoms with E-state index >= 15 is 0 Å². The molecule has 0 unspecified atom stereocenters. The van der Waals surface area contributed by atoms with Gasteiger partial charge in [0, 0.05) is 18.1 Å². The van der Waals surface area contributed by atoms with E-state index in [0.717, 1.165) is 23.9 Å². The Morgan fingerprint density at radius 3 is 2.56 bits per heavy atom. The Labute approximate surface area is 159 Å². The lowest BCUT2D eigenvalue weighted by atomic mass is 10.1.